The largest absolute Gasteiger partial charge is 0.495 e. The summed E-state index contributed by atoms with van der Waals surface area (Å²) in [5, 5.41) is 0. The van der Waals surface area contributed by atoms with Crippen molar-refractivity contribution in [3.05, 3.63) is 18.2 Å². The first-order chi connectivity index (χ1) is 9.88. The molecule has 1 saturated heterocycles. The lowest BCUT2D eigenvalue weighted by molar-refractivity contribution is 0.279. The van der Waals surface area contributed by atoms with Gasteiger partial charge in [0.2, 0.25) is 10.0 Å². The molecule has 5 nitrogen and oxygen atoms in total. The molecular formula is C15H24N2O3S. The normalized spacial score (nSPS) is 18.8. The molecule has 1 aromatic carbocycles. The lowest BCUT2D eigenvalue weighted by Crippen LogP contribution is -2.32. The minimum atomic E-state index is -3.54. The summed E-state index contributed by atoms with van der Waals surface area (Å²) >= 11 is 0. The SMILES string of the molecule is CCC1(CC)CCN(S(=O)(=O)c2ccc(N)cc2OC)C1. The van der Waals surface area contributed by atoms with E-state index in [0.717, 1.165) is 19.3 Å². The van der Waals surface area contributed by atoms with Crippen LogP contribution in [0.15, 0.2) is 23.1 Å². The van der Waals surface area contributed by atoms with Crippen LogP contribution in [-0.4, -0.2) is 32.9 Å². The van der Waals surface area contributed by atoms with Crippen molar-refractivity contribution in [2.24, 2.45) is 5.41 Å². The number of rotatable bonds is 5. The molecule has 1 aliphatic rings. The van der Waals surface area contributed by atoms with Gasteiger partial charge in [0.05, 0.1) is 7.11 Å². The Labute approximate surface area is 127 Å². The number of ether oxygens (including phenoxy) is 1. The summed E-state index contributed by atoms with van der Waals surface area (Å²) in [4.78, 5) is 0.196. The fourth-order valence-electron chi connectivity index (χ4n) is 2.96. The van der Waals surface area contributed by atoms with Gasteiger partial charge in [-0.25, -0.2) is 8.42 Å². The number of hydrogen-bond acceptors (Lipinski definition) is 4. The molecule has 0 radical (unpaired) electrons. The van der Waals surface area contributed by atoms with Crippen molar-refractivity contribution in [1.29, 1.82) is 0 Å². The molecule has 1 aromatic rings. The molecule has 0 atom stereocenters. The number of benzene rings is 1. The van der Waals surface area contributed by atoms with Gasteiger partial charge in [-0.1, -0.05) is 13.8 Å². The molecule has 0 amide bonds. The maximum absolute atomic E-state index is 12.9. The molecule has 1 heterocycles. The topological polar surface area (TPSA) is 72.6 Å². The Morgan fingerprint density at radius 1 is 1.33 bits per heavy atom. The van der Waals surface area contributed by atoms with E-state index in [1.165, 1.54) is 13.2 Å². The number of nitrogen functional groups attached to an aromatic ring is 1. The van der Waals surface area contributed by atoms with Crippen LogP contribution in [0.4, 0.5) is 5.69 Å². The van der Waals surface area contributed by atoms with E-state index in [-0.39, 0.29) is 10.3 Å². The summed E-state index contributed by atoms with van der Waals surface area (Å²) in [6, 6.07) is 4.68. The van der Waals surface area contributed by atoms with Crippen LogP contribution >= 0.6 is 0 Å². The molecule has 21 heavy (non-hydrogen) atoms. The first-order valence-electron chi connectivity index (χ1n) is 7.32. The standard InChI is InChI=1S/C15H24N2O3S/c1-4-15(5-2)8-9-17(11-15)21(18,19)14-7-6-12(16)10-13(14)20-3/h6-7,10H,4-5,8-9,11,16H2,1-3H3. The van der Waals surface area contributed by atoms with Crippen LogP contribution in [0, 0.1) is 5.41 Å². The smallest absolute Gasteiger partial charge is 0.246 e. The Hall–Kier alpha value is -1.27. The van der Waals surface area contributed by atoms with Gasteiger partial charge in [-0.3, -0.25) is 0 Å². The third-order valence-corrected chi connectivity index (χ3v) is 6.59. The molecule has 1 aliphatic heterocycles. The highest BCUT2D eigenvalue weighted by Crippen LogP contribution is 2.40. The van der Waals surface area contributed by atoms with Gasteiger partial charge in [-0.05, 0) is 36.8 Å². The third-order valence-electron chi connectivity index (χ3n) is 4.71. The number of nitrogens with two attached hydrogens (primary N) is 1. The van der Waals surface area contributed by atoms with Crippen LogP contribution in [0.1, 0.15) is 33.1 Å². The molecule has 6 heteroatoms. The fourth-order valence-corrected chi connectivity index (χ4v) is 4.65. The maximum Gasteiger partial charge on any atom is 0.246 e. The zero-order valence-corrected chi connectivity index (χ0v) is 13.7. The average Bonchev–Trinajstić information content (AvgIpc) is 2.92. The number of nitrogens with zero attached hydrogens (tertiary/aromatic N) is 1. The van der Waals surface area contributed by atoms with Crippen LogP contribution in [-0.2, 0) is 10.0 Å². The van der Waals surface area contributed by atoms with E-state index in [1.54, 1.807) is 16.4 Å². The van der Waals surface area contributed by atoms with Crippen LogP contribution in [0.2, 0.25) is 0 Å². The Morgan fingerprint density at radius 2 is 2.00 bits per heavy atom. The average molecular weight is 312 g/mol. The maximum atomic E-state index is 12.9. The Kier molecular flexibility index (Phi) is 4.49. The number of hydrogen-bond donors (Lipinski definition) is 1. The quantitative estimate of drug-likeness (QED) is 0.848. The second-order valence-electron chi connectivity index (χ2n) is 5.71. The van der Waals surface area contributed by atoms with Crippen molar-refractivity contribution in [3.63, 3.8) is 0 Å². The second kappa shape index (κ2) is 5.85. The van der Waals surface area contributed by atoms with E-state index in [9.17, 15) is 8.42 Å². The van der Waals surface area contributed by atoms with E-state index >= 15 is 0 Å². The third kappa shape index (κ3) is 2.87. The van der Waals surface area contributed by atoms with Crippen LogP contribution in [0.25, 0.3) is 0 Å². The minimum absolute atomic E-state index is 0.105. The minimum Gasteiger partial charge on any atom is -0.495 e. The highest BCUT2D eigenvalue weighted by Gasteiger charge is 2.41. The molecule has 2 N–H and O–H groups in total. The monoisotopic (exact) mass is 312 g/mol. The van der Waals surface area contributed by atoms with Gasteiger partial charge in [0.25, 0.3) is 0 Å². The molecular weight excluding hydrogens is 288 g/mol. The zero-order chi connectivity index (χ0) is 15.7. The molecule has 0 saturated carbocycles. The van der Waals surface area contributed by atoms with Crippen LogP contribution in [0.5, 0.6) is 5.75 Å². The first-order valence-corrected chi connectivity index (χ1v) is 8.76. The molecule has 2 rings (SSSR count). The summed E-state index contributed by atoms with van der Waals surface area (Å²) in [5.74, 6) is 0.306. The molecule has 0 aromatic heterocycles. The predicted molar refractivity (Wildman–Crippen MR) is 83.8 cm³/mol. The molecule has 1 fully saturated rings. The van der Waals surface area contributed by atoms with E-state index in [4.69, 9.17) is 10.5 Å². The second-order valence-corrected chi connectivity index (χ2v) is 7.61. The van der Waals surface area contributed by atoms with Crippen LogP contribution in [0.3, 0.4) is 0 Å². The highest BCUT2D eigenvalue weighted by molar-refractivity contribution is 7.89. The van der Waals surface area contributed by atoms with Crippen molar-refractivity contribution in [2.45, 2.75) is 38.0 Å². The summed E-state index contributed by atoms with van der Waals surface area (Å²) in [5.41, 5.74) is 6.29. The molecule has 0 unspecified atom stereocenters. The summed E-state index contributed by atoms with van der Waals surface area (Å²) in [6.45, 7) is 5.40. The van der Waals surface area contributed by atoms with Gasteiger partial charge in [0, 0.05) is 24.8 Å². The van der Waals surface area contributed by atoms with E-state index in [0.29, 0.717) is 24.5 Å². The number of sulfonamides is 1. The van der Waals surface area contributed by atoms with Gasteiger partial charge in [-0.2, -0.15) is 4.31 Å². The molecule has 118 valence electrons. The summed E-state index contributed by atoms with van der Waals surface area (Å²) < 4.78 is 32.5. The van der Waals surface area contributed by atoms with E-state index in [2.05, 4.69) is 13.8 Å². The van der Waals surface area contributed by atoms with Crippen molar-refractivity contribution < 1.29 is 13.2 Å². The predicted octanol–water partition coefficient (Wildman–Crippen LogP) is 2.48. The van der Waals surface area contributed by atoms with Gasteiger partial charge in [-0.15, -0.1) is 0 Å². The van der Waals surface area contributed by atoms with E-state index < -0.39 is 10.0 Å². The van der Waals surface area contributed by atoms with Crippen LogP contribution < -0.4 is 10.5 Å². The van der Waals surface area contributed by atoms with Gasteiger partial charge >= 0.3 is 0 Å². The van der Waals surface area contributed by atoms with Crippen molar-refractivity contribution >= 4 is 15.7 Å². The molecule has 0 bridgehead atoms. The van der Waals surface area contributed by atoms with Gasteiger partial charge in [0.1, 0.15) is 10.6 Å². The lowest BCUT2D eigenvalue weighted by atomic mass is 9.82. The number of anilines is 1. The first kappa shape index (κ1) is 16.1. The van der Waals surface area contributed by atoms with Gasteiger partial charge < -0.3 is 10.5 Å². The zero-order valence-electron chi connectivity index (χ0n) is 12.9. The Balaban J connectivity index is 2.36. The molecule has 0 aliphatic carbocycles. The Bertz CT molecular complexity index is 609. The highest BCUT2D eigenvalue weighted by atomic mass is 32.2. The van der Waals surface area contributed by atoms with Crippen molar-refractivity contribution in [3.8, 4) is 5.75 Å². The number of methoxy groups -OCH3 is 1. The van der Waals surface area contributed by atoms with Gasteiger partial charge in [0.15, 0.2) is 0 Å². The van der Waals surface area contributed by atoms with Crippen molar-refractivity contribution in [2.75, 3.05) is 25.9 Å². The summed E-state index contributed by atoms with van der Waals surface area (Å²) in [7, 11) is -2.08. The summed E-state index contributed by atoms with van der Waals surface area (Å²) in [6.07, 6.45) is 2.90. The Morgan fingerprint density at radius 3 is 2.52 bits per heavy atom. The van der Waals surface area contributed by atoms with Crippen molar-refractivity contribution in [1.82, 2.24) is 4.31 Å². The lowest BCUT2D eigenvalue weighted by Gasteiger charge is -2.26. The molecule has 0 spiro atoms. The fraction of sp³-hybridized carbons (Fsp3) is 0.600. The van der Waals surface area contributed by atoms with E-state index in [1.807, 2.05) is 0 Å².